The highest BCUT2D eigenvalue weighted by Gasteiger charge is 2.37. The standard InChI is InChI=1S/C17H33O7P/c1-11(2)24-13(4)9-22-14(19)16(5,6)10-23-17(7,25)15(20)21-8-12(3)18/h11-13,18H,8-10,25H2,1-7H3. The third-order valence-corrected chi connectivity index (χ3v) is 3.50. The Labute approximate surface area is 152 Å². The van der Waals surface area contributed by atoms with Gasteiger partial charge in [0.1, 0.15) is 13.2 Å². The van der Waals surface area contributed by atoms with Crippen LogP contribution in [0.3, 0.4) is 0 Å². The molecule has 0 radical (unpaired) electrons. The molecule has 0 bridgehead atoms. The van der Waals surface area contributed by atoms with Crippen molar-refractivity contribution in [2.24, 2.45) is 5.41 Å². The molecule has 25 heavy (non-hydrogen) atoms. The molecule has 0 aliphatic rings. The number of carbonyl (C=O) groups excluding carboxylic acids is 2. The molecule has 0 saturated heterocycles. The monoisotopic (exact) mass is 380 g/mol. The first-order valence-corrected chi connectivity index (χ1v) is 8.96. The largest absolute Gasteiger partial charge is 0.462 e. The first-order chi connectivity index (χ1) is 11.3. The van der Waals surface area contributed by atoms with E-state index in [1.807, 2.05) is 20.8 Å². The third-order valence-electron chi connectivity index (χ3n) is 3.10. The lowest BCUT2D eigenvalue weighted by Crippen LogP contribution is -2.41. The van der Waals surface area contributed by atoms with Crippen LogP contribution in [0.2, 0.25) is 0 Å². The fraction of sp³-hybridized carbons (Fsp3) is 0.882. The maximum absolute atomic E-state index is 12.2. The summed E-state index contributed by atoms with van der Waals surface area (Å²) in [5.74, 6) is -1.08. The molecule has 0 aliphatic carbocycles. The number of aliphatic hydroxyl groups excluding tert-OH is 1. The van der Waals surface area contributed by atoms with Gasteiger partial charge in [-0.3, -0.25) is 4.79 Å². The topological polar surface area (TPSA) is 91.3 Å². The van der Waals surface area contributed by atoms with Crippen LogP contribution in [0.4, 0.5) is 0 Å². The molecule has 0 amide bonds. The van der Waals surface area contributed by atoms with Crippen molar-refractivity contribution in [3.05, 3.63) is 0 Å². The molecular weight excluding hydrogens is 347 g/mol. The molecule has 1 N–H and O–H groups in total. The number of rotatable bonds is 11. The van der Waals surface area contributed by atoms with Crippen molar-refractivity contribution in [3.8, 4) is 0 Å². The number of aliphatic hydroxyl groups is 1. The number of esters is 2. The zero-order chi connectivity index (χ0) is 19.8. The number of carbonyl (C=O) groups is 2. The van der Waals surface area contributed by atoms with Crippen LogP contribution in [-0.4, -0.2) is 60.5 Å². The number of ether oxygens (including phenoxy) is 4. The molecule has 0 fully saturated rings. The Balaban J connectivity index is 4.49. The molecule has 148 valence electrons. The van der Waals surface area contributed by atoms with Gasteiger partial charge in [-0.25, -0.2) is 4.79 Å². The van der Waals surface area contributed by atoms with Gasteiger partial charge < -0.3 is 24.1 Å². The molecular formula is C17H33O7P. The summed E-state index contributed by atoms with van der Waals surface area (Å²) in [5.41, 5.74) is -0.945. The maximum atomic E-state index is 12.2. The molecule has 0 aromatic rings. The van der Waals surface area contributed by atoms with E-state index < -0.39 is 28.8 Å². The molecule has 0 spiro atoms. The third kappa shape index (κ3) is 10.1. The molecule has 8 heteroatoms. The Morgan fingerprint density at radius 3 is 2.00 bits per heavy atom. The predicted molar refractivity (Wildman–Crippen MR) is 97.1 cm³/mol. The normalized spacial score (nSPS) is 16.9. The Morgan fingerprint density at radius 2 is 1.52 bits per heavy atom. The fourth-order valence-electron chi connectivity index (χ4n) is 1.68. The fourth-order valence-corrected chi connectivity index (χ4v) is 1.85. The Bertz CT molecular complexity index is 433. The molecule has 0 aromatic heterocycles. The quantitative estimate of drug-likeness (QED) is 0.432. The summed E-state index contributed by atoms with van der Waals surface area (Å²) in [5, 5.41) is 7.84. The van der Waals surface area contributed by atoms with Gasteiger partial charge in [-0.1, -0.05) is 9.24 Å². The summed E-state index contributed by atoms with van der Waals surface area (Å²) in [4.78, 5) is 24.2. The average Bonchev–Trinajstić information content (AvgIpc) is 2.47. The molecule has 0 rings (SSSR count). The molecule has 0 aliphatic heterocycles. The summed E-state index contributed by atoms with van der Waals surface area (Å²) < 4.78 is 21.3. The maximum Gasteiger partial charge on any atom is 0.342 e. The highest BCUT2D eigenvalue weighted by Crippen LogP contribution is 2.27. The minimum absolute atomic E-state index is 0.0327. The van der Waals surface area contributed by atoms with Gasteiger partial charge in [0.2, 0.25) is 0 Å². The summed E-state index contributed by atoms with van der Waals surface area (Å²) >= 11 is 0. The van der Waals surface area contributed by atoms with Crippen molar-refractivity contribution in [3.63, 3.8) is 0 Å². The van der Waals surface area contributed by atoms with Crippen molar-refractivity contribution in [1.29, 1.82) is 0 Å². The number of hydrogen-bond donors (Lipinski definition) is 1. The number of hydrogen-bond acceptors (Lipinski definition) is 7. The Kier molecular flexibility index (Phi) is 10.1. The first kappa shape index (κ1) is 24.2. The van der Waals surface area contributed by atoms with Crippen LogP contribution in [0.15, 0.2) is 0 Å². The molecule has 0 saturated carbocycles. The lowest BCUT2D eigenvalue weighted by atomic mass is 9.95. The van der Waals surface area contributed by atoms with Gasteiger partial charge in [0.25, 0.3) is 0 Å². The Morgan fingerprint density at radius 1 is 1.00 bits per heavy atom. The van der Waals surface area contributed by atoms with Crippen LogP contribution < -0.4 is 0 Å². The summed E-state index contributed by atoms with van der Waals surface area (Å²) in [6.45, 7) is 12.0. The Hall–Kier alpha value is -0.750. The smallest absolute Gasteiger partial charge is 0.342 e. The first-order valence-electron chi connectivity index (χ1n) is 8.38. The summed E-state index contributed by atoms with van der Waals surface area (Å²) in [6.07, 6.45) is -0.912. The van der Waals surface area contributed by atoms with E-state index in [2.05, 4.69) is 9.24 Å². The van der Waals surface area contributed by atoms with Gasteiger partial charge in [0.05, 0.1) is 30.3 Å². The van der Waals surface area contributed by atoms with Gasteiger partial charge in [-0.2, -0.15) is 0 Å². The van der Waals surface area contributed by atoms with Crippen molar-refractivity contribution < 1.29 is 33.6 Å². The average molecular weight is 380 g/mol. The van der Waals surface area contributed by atoms with Gasteiger partial charge in [-0.15, -0.1) is 0 Å². The zero-order valence-corrected chi connectivity index (χ0v) is 17.5. The van der Waals surface area contributed by atoms with Gasteiger partial charge in [-0.05, 0) is 48.5 Å². The summed E-state index contributed by atoms with van der Waals surface area (Å²) in [6, 6.07) is 0. The van der Waals surface area contributed by atoms with E-state index in [1.54, 1.807) is 13.8 Å². The van der Waals surface area contributed by atoms with E-state index in [4.69, 9.17) is 24.1 Å². The molecule has 7 nitrogen and oxygen atoms in total. The second-order valence-electron chi connectivity index (χ2n) is 7.32. The lowest BCUT2D eigenvalue weighted by Gasteiger charge is -2.29. The molecule has 4 atom stereocenters. The van der Waals surface area contributed by atoms with Crippen molar-refractivity contribution in [1.82, 2.24) is 0 Å². The molecule has 0 heterocycles. The van der Waals surface area contributed by atoms with E-state index in [0.717, 1.165) is 0 Å². The minimum atomic E-state index is -1.32. The van der Waals surface area contributed by atoms with Crippen molar-refractivity contribution >= 4 is 21.2 Å². The molecule has 4 unspecified atom stereocenters. The van der Waals surface area contributed by atoms with Crippen LogP contribution >= 0.6 is 9.24 Å². The van der Waals surface area contributed by atoms with E-state index in [1.165, 1.54) is 13.8 Å². The van der Waals surface area contributed by atoms with Crippen LogP contribution in [0, 0.1) is 5.41 Å². The second kappa shape index (κ2) is 10.4. The van der Waals surface area contributed by atoms with E-state index in [-0.39, 0.29) is 32.0 Å². The van der Waals surface area contributed by atoms with Crippen molar-refractivity contribution in [2.75, 3.05) is 19.8 Å². The highest BCUT2D eigenvalue weighted by molar-refractivity contribution is 7.20. The van der Waals surface area contributed by atoms with Crippen LogP contribution in [0.1, 0.15) is 48.5 Å². The highest BCUT2D eigenvalue weighted by atomic mass is 31.0. The van der Waals surface area contributed by atoms with Gasteiger partial charge in [0.15, 0.2) is 5.34 Å². The van der Waals surface area contributed by atoms with Crippen LogP contribution in [0.5, 0.6) is 0 Å². The minimum Gasteiger partial charge on any atom is -0.462 e. The van der Waals surface area contributed by atoms with E-state index >= 15 is 0 Å². The van der Waals surface area contributed by atoms with E-state index in [9.17, 15) is 9.59 Å². The SMILES string of the molecule is CC(O)COC(=O)C(C)(P)OCC(C)(C)C(=O)OCC(C)OC(C)C. The summed E-state index contributed by atoms with van der Waals surface area (Å²) in [7, 11) is 2.26. The molecule has 0 aromatic carbocycles. The van der Waals surface area contributed by atoms with Crippen LogP contribution in [0.25, 0.3) is 0 Å². The second-order valence-corrected chi connectivity index (χ2v) is 8.42. The predicted octanol–water partition coefficient (Wildman–Crippen LogP) is 1.90. The van der Waals surface area contributed by atoms with Gasteiger partial charge >= 0.3 is 11.9 Å². The van der Waals surface area contributed by atoms with Crippen molar-refractivity contribution in [2.45, 2.75) is 72.1 Å². The van der Waals surface area contributed by atoms with E-state index in [0.29, 0.717) is 0 Å². The zero-order valence-electron chi connectivity index (χ0n) is 16.3. The van der Waals surface area contributed by atoms with Crippen LogP contribution in [-0.2, 0) is 28.5 Å². The lowest BCUT2D eigenvalue weighted by molar-refractivity contribution is -0.172. The van der Waals surface area contributed by atoms with Gasteiger partial charge in [0, 0.05) is 0 Å².